The number of halogens is 4. The van der Waals surface area contributed by atoms with E-state index < -0.39 is 12.7 Å². The van der Waals surface area contributed by atoms with Gasteiger partial charge in [0.15, 0.2) is 11.7 Å². The van der Waals surface area contributed by atoms with Crippen molar-refractivity contribution < 1.29 is 22.4 Å². The number of likely N-dealkylation sites (tertiary alicyclic amines) is 1. The van der Waals surface area contributed by atoms with Gasteiger partial charge < -0.3 is 20.4 Å². The van der Waals surface area contributed by atoms with Gasteiger partial charge in [-0.3, -0.25) is 14.7 Å². The Morgan fingerprint density at radius 2 is 2.19 bits per heavy atom. The lowest BCUT2D eigenvalue weighted by Gasteiger charge is -2.19. The van der Waals surface area contributed by atoms with Crippen LogP contribution in [0.4, 0.5) is 13.2 Å². The van der Waals surface area contributed by atoms with Gasteiger partial charge in [-0.15, -0.1) is 24.0 Å². The molecule has 27 heavy (non-hydrogen) atoms. The monoisotopic (exact) mass is 503 g/mol. The normalized spacial score (nSPS) is 18.1. The van der Waals surface area contributed by atoms with E-state index in [1.165, 1.54) is 11.2 Å². The second kappa shape index (κ2) is 11.4. The number of rotatable bonds is 7. The number of hydrogen-bond acceptors (Lipinski definition) is 4. The van der Waals surface area contributed by atoms with Crippen LogP contribution in [0.2, 0.25) is 0 Å². The first-order valence-electron chi connectivity index (χ1n) is 8.53. The van der Waals surface area contributed by atoms with E-state index >= 15 is 0 Å². The van der Waals surface area contributed by atoms with Crippen LogP contribution in [-0.2, 0) is 0 Å². The van der Waals surface area contributed by atoms with Crippen molar-refractivity contribution in [3.05, 3.63) is 24.2 Å². The Bertz CT molecular complexity index is 595. The number of alkyl halides is 3. The number of amides is 1. The second-order valence-electron chi connectivity index (χ2n) is 5.97. The molecular weight excluding hydrogens is 478 g/mol. The molecule has 1 aromatic rings. The summed E-state index contributed by atoms with van der Waals surface area (Å²) in [6.45, 7) is 3.01. The Morgan fingerprint density at radius 3 is 2.81 bits per heavy atom. The van der Waals surface area contributed by atoms with Gasteiger partial charge in [-0.05, 0) is 25.5 Å². The standard InChI is InChI=1S/C16H24F3N5O2.HI/c1-2-20-15(22-7-6-21-14(25)13-4-3-9-26-13)23-12-5-8-24(10-12)11-16(17,18)19;/h3-4,9,12H,2,5-8,10-11H2,1H3,(H,21,25)(H2,20,22,23);1H. The number of guanidine groups is 1. The predicted octanol–water partition coefficient (Wildman–Crippen LogP) is 1.82. The molecule has 1 unspecified atom stereocenters. The zero-order chi connectivity index (χ0) is 19.0. The number of furan rings is 1. The third-order valence-electron chi connectivity index (χ3n) is 3.77. The number of carbonyl (C=O) groups excluding carboxylic acids is 1. The van der Waals surface area contributed by atoms with E-state index in [1.54, 1.807) is 12.1 Å². The summed E-state index contributed by atoms with van der Waals surface area (Å²) in [6.07, 6.45) is -2.14. The van der Waals surface area contributed by atoms with Crippen molar-refractivity contribution in [1.82, 2.24) is 20.9 Å². The minimum absolute atomic E-state index is 0. The van der Waals surface area contributed by atoms with E-state index in [1.807, 2.05) is 6.92 Å². The van der Waals surface area contributed by atoms with E-state index in [-0.39, 0.29) is 41.7 Å². The van der Waals surface area contributed by atoms with Gasteiger partial charge in [-0.1, -0.05) is 0 Å². The van der Waals surface area contributed by atoms with Crippen LogP contribution in [0, 0.1) is 0 Å². The van der Waals surface area contributed by atoms with Crippen LogP contribution in [0.15, 0.2) is 27.8 Å². The lowest BCUT2D eigenvalue weighted by atomic mass is 10.3. The van der Waals surface area contributed by atoms with Gasteiger partial charge in [0.1, 0.15) is 0 Å². The highest BCUT2D eigenvalue weighted by Crippen LogP contribution is 2.19. The SMILES string of the molecule is CCNC(=NCCNC(=O)c1ccco1)NC1CCN(CC(F)(F)F)C1.I. The number of nitrogens with zero attached hydrogens (tertiary/aromatic N) is 2. The number of carbonyl (C=O) groups is 1. The lowest BCUT2D eigenvalue weighted by molar-refractivity contribution is -0.143. The Kier molecular flexibility index (Phi) is 9.91. The van der Waals surface area contributed by atoms with E-state index in [4.69, 9.17) is 4.42 Å². The van der Waals surface area contributed by atoms with Crippen LogP contribution < -0.4 is 16.0 Å². The molecular formula is C16H25F3IN5O2. The molecule has 3 N–H and O–H groups in total. The highest BCUT2D eigenvalue weighted by Gasteiger charge is 2.34. The summed E-state index contributed by atoms with van der Waals surface area (Å²) in [4.78, 5) is 17.4. The molecule has 1 aliphatic rings. The maximum Gasteiger partial charge on any atom is 0.401 e. The molecule has 1 fully saturated rings. The van der Waals surface area contributed by atoms with Crippen LogP contribution in [0.25, 0.3) is 0 Å². The average molecular weight is 503 g/mol. The molecule has 1 amide bonds. The minimum atomic E-state index is -4.18. The minimum Gasteiger partial charge on any atom is -0.459 e. The fourth-order valence-corrected chi connectivity index (χ4v) is 2.69. The largest absolute Gasteiger partial charge is 0.459 e. The molecule has 0 aliphatic carbocycles. The molecule has 1 aliphatic heterocycles. The van der Waals surface area contributed by atoms with Gasteiger partial charge in [0.05, 0.1) is 19.4 Å². The smallest absolute Gasteiger partial charge is 0.401 e. The first-order chi connectivity index (χ1) is 12.4. The van der Waals surface area contributed by atoms with Crippen molar-refractivity contribution in [2.45, 2.75) is 25.6 Å². The number of hydrogen-bond donors (Lipinski definition) is 3. The summed E-state index contributed by atoms with van der Waals surface area (Å²) >= 11 is 0. The summed E-state index contributed by atoms with van der Waals surface area (Å²) in [5, 5.41) is 8.88. The summed E-state index contributed by atoms with van der Waals surface area (Å²) in [6, 6.07) is 3.11. The van der Waals surface area contributed by atoms with Crippen LogP contribution >= 0.6 is 24.0 Å². The molecule has 1 saturated heterocycles. The van der Waals surface area contributed by atoms with E-state index in [0.717, 1.165) is 0 Å². The predicted molar refractivity (Wildman–Crippen MR) is 106 cm³/mol. The van der Waals surface area contributed by atoms with Crippen molar-refractivity contribution in [3.63, 3.8) is 0 Å². The molecule has 2 heterocycles. The molecule has 0 saturated carbocycles. The van der Waals surface area contributed by atoms with Crippen molar-refractivity contribution in [3.8, 4) is 0 Å². The van der Waals surface area contributed by atoms with Gasteiger partial charge >= 0.3 is 6.18 Å². The van der Waals surface area contributed by atoms with Gasteiger partial charge in [-0.2, -0.15) is 13.2 Å². The molecule has 2 rings (SSSR count). The van der Waals surface area contributed by atoms with Crippen molar-refractivity contribution in [1.29, 1.82) is 0 Å². The molecule has 0 aromatic carbocycles. The molecule has 0 bridgehead atoms. The van der Waals surface area contributed by atoms with E-state index in [2.05, 4.69) is 20.9 Å². The van der Waals surface area contributed by atoms with E-state index in [0.29, 0.717) is 45.1 Å². The summed E-state index contributed by atoms with van der Waals surface area (Å²) in [7, 11) is 0. The molecule has 0 radical (unpaired) electrons. The summed E-state index contributed by atoms with van der Waals surface area (Å²) in [5.74, 6) is 0.440. The van der Waals surface area contributed by atoms with Crippen molar-refractivity contribution >= 4 is 35.8 Å². The Balaban J connectivity index is 0.00000364. The fourth-order valence-electron chi connectivity index (χ4n) is 2.69. The highest BCUT2D eigenvalue weighted by atomic mass is 127. The Morgan fingerprint density at radius 1 is 1.41 bits per heavy atom. The maximum absolute atomic E-state index is 12.5. The van der Waals surface area contributed by atoms with Crippen molar-refractivity contribution in [2.75, 3.05) is 39.3 Å². The van der Waals surface area contributed by atoms with Gasteiger partial charge in [-0.25, -0.2) is 0 Å². The van der Waals surface area contributed by atoms with Crippen LogP contribution in [0.5, 0.6) is 0 Å². The third-order valence-corrected chi connectivity index (χ3v) is 3.77. The zero-order valence-electron chi connectivity index (χ0n) is 15.0. The van der Waals surface area contributed by atoms with Gasteiger partial charge in [0.2, 0.25) is 0 Å². The van der Waals surface area contributed by atoms with Gasteiger partial charge in [0.25, 0.3) is 5.91 Å². The topological polar surface area (TPSA) is 81.9 Å². The van der Waals surface area contributed by atoms with E-state index in [9.17, 15) is 18.0 Å². The molecule has 1 aromatic heterocycles. The van der Waals surface area contributed by atoms with Crippen molar-refractivity contribution in [2.24, 2.45) is 4.99 Å². The maximum atomic E-state index is 12.5. The molecule has 11 heteroatoms. The third kappa shape index (κ3) is 8.82. The van der Waals surface area contributed by atoms with Crippen LogP contribution in [0.1, 0.15) is 23.9 Å². The lowest BCUT2D eigenvalue weighted by Crippen LogP contribution is -2.45. The van der Waals surface area contributed by atoms with Crippen LogP contribution in [-0.4, -0.2) is 68.3 Å². The number of aliphatic imine (C=N–C) groups is 1. The van der Waals surface area contributed by atoms with Crippen LogP contribution in [0.3, 0.4) is 0 Å². The first kappa shape index (κ1) is 23.5. The summed E-state index contributed by atoms with van der Waals surface area (Å²) in [5.41, 5.74) is 0. The first-order valence-corrected chi connectivity index (χ1v) is 8.53. The second-order valence-corrected chi connectivity index (χ2v) is 5.97. The number of nitrogens with one attached hydrogen (secondary N) is 3. The quantitative estimate of drug-likeness (QED) is 0.229. The molecule has 154 valence electrons. The fraction of sp³-hybridized carbons (Fsp3) is 0.625. The molecule has 1 atom stereocenters. The molecule has 7 nitrogen and oxygen atoms in total. The highest BCUT2D eigenvalue weighted by molar-refractivity contribution is 14.0. The molecule has 0 spiro atoms. The van der Waals surface area contributed by atoms with Gasteiger partial charge in [0, 0.05) is 32.2 Å². The Labute approximate surface area is 173 Å². The average Bonchev–Trinajstić information content (AvgIpc) is 3.22. The zero-order valence-corrected chi connectivity index (χ0v) is 17.3. The summed E-state index contributed by atoms with van der Waals surface area (Å²) < 4.78 is 42.3. The Hall–Kier alpha value is -1.50.